The molecule has 0 aromatic carbocycles. The Morgan fingerprint density at radius 3 is 2.00 bits per heavy atom. The van der Waals surface area contributed by atoms with Crippen molar-refractivity contribution in [3.63, 3.8) is 0 Å². The minimum atomic E-state index is 0.314. The topological polar surface area (TPSA) is 6.48 Å². The lowest BCUT2D eigenvalue weighted by Gasteiger charge is -2.48. The highest BCUT2D eigenvalue weighted by Crippen LogP contribution is 2.22. The van der Waals surface area contributed by atoms with Crippen LogP contribution >= 0.6 is 0 Å². The van der Waals surface area contributed by atoms with Crippen molar-refractivity contribution in [2.75, 3.05) is 20.1 Å². The van der Waals surface area contributed by atoms with Gasteiger partial charge in [-0.25, -0.2) is 0 Å². The van der Waals surface area contributed by atoms with Crippen molar-refractivity contribution in [2.24, 2.45) is 0 Å². The van der Waals surface area contributed by atoms with Crippen molar-refractivity contribution in [1.29, 1.82) is 0 Å². The maximum Gasteiger partial charge on any atom is 0.0200 e. The molecule has 13 heavy (non-hydrogen) atoms. The molecule has 1 heterocycles. The summed E-state index contributed by atoms with van der Waals surface area (Å²) < 4.78 is 0. The van der Waals surface area contributed by atoms with Crippen LogP contribution in [-0.2, 0) is 0 Å². The summed E-state index contributed by atoms with van der Waals surface area (Å²) in [5, 5.41) is 0. The fourth-order valence-corrected chi connectivity index (χ4v) is 2.23. The van der Waals surface area contributed by atoms with Gasteiger partial charge in [0.15, 0.2) is 0 Å². The standard InChI is InChI=1S/C11H24N2/c1-9-8-13(11(3,4)5)10(2)7-12(9)6/h9-10H,7-8H2,1-6H3. The molecule has 0 aromatic heterocycles. The molecule has 2 atom stereocenters. The Labute approximate surface area is 82.9 Å². The van der Waals surface area contributed by atoms with E-state index in [-0.39, 0.29) is 0 Å². The van der Waals surface area contributed by atoms with E-state index in [1.165, 1.54) is 13.1 Å². The molecule has 2 heteroatoms. The molecule has 2 nitrogen and oxygen atoms in total. The van der Waals surface area contributed by atoms with Gasteiger partial charge in [-0.2, -0.15) is 0 Å². The van der Waals surface area contributed by atoms with Gasteiger partial charge in [-0.05, 0) is 41.7 Å². The fraction of sp³-hybridized carbons (Fsp3) is 1.00. The highest BCUT2D eigenvalue weighted by atomic mass is 15.3. The number of hydrogen-bond acceptors (Lipinski definition) is 2. The van der Waals surface area contributed by atoms with Gasteiger partial charge >= 0.3 is 0 Å². The Hall–Kier alpha value is -0.0800. The third kappa shape index (κ3) is 2.44. The Balaban J connectivity index is 2.67. The minimum Gasteiger partial charge on any atom is -0.301 e. The number of piperazine rings is 1. The van der Waals surface area contributed by atoms with Gasteiger partial charge in [0.25, 0.3) is 0 Å². The predicted octanol–water partition coefficient (Wildman–Crippen LogP) is 1.81. The van der Waals surface area contributed by atoms with Gasteiger partial charge in [-0.15, -0.1) is 0 Å². The smallest absolute Gasteiger partial charge is 0.0200 e. The molecule has 1 aliphatic rings. The number of rotatable bonds is 0. The first-order valence-electron chi connectivity index (χ1n) is 5.29. The Kier molecular flexibility index (Phi) is 3.03. The van der Waals surface area contributed by atoms with Crippen LogP contribution in [0.5, 0.6) is 0 Å². The minimum absolute atomic E-state index is 0.314. The Morgan fingerprint density at radius 2 is 1.54 bits per heavy atom. The average Bonchev–Trinajstić information content (AvgIpc) is 1.94. The molecule has 0 aliphatic carbocycles. The van der Waals surface area contributed by atoms with Gasteiger partial charge in [0.1, 0.15) is 0 Å². The van der Waals surface area contributed by atoms with E-state index in [2.05, 4.69) is 51.5 Å². The van der Waals surface area contributed by atoms with E-state index in [0.717, 1.165) is 0 Å². The van der Waals surface area contributed by atoms with Crippen LogP contribution in [-0.4, -0.2) is 47.6 Å². The van der Waals surface area contributed by atoms with Crippen LogP contribution in [0, 0.1) is 0 Å². The number of nitrogens with zero attached hydrogens (tertiary/aromatic N) is 2. The van der Waals surface area contributed by atoms with Crippen LogP contribution in [0.15, 0.2) is 0 Å². The number of likely N-dealkylation sites (N-methyl/N-ethyl adjacent to an activating group) is 1. The molecule has 0 aromatic rings. The van der Waals surface area contributed by atoms with E-state index in [1.54, 1.807) is 0 Å². The fourth-order valence-electron chi connectivity index (χ4n) is 2.23. The van der Waals surface area contributed by atoms with Crippen molar-refractivity contribution in [2.45, 2.75) is 52.2 Å². The lowest BCUT2D eigenvalue weighted by Crippen LogP contribution is -2.60. The van der Waals surface area contributed by atoms with E-state index in [9.17, 15) is 0 Å². The van der Waals surface area contributed by atoms with E-state index in [1.807, 2.05) is 0 Å². The van der Waals surface area contributed by atoms with Crippen molar-refractivity contribution in [3.05, 3.63) is 0 Å². The summed E-state index contributed by atoms with van der Waals surface area (Å²) in [7, 11) is 2.22. The highest BCUT2D eigenvalue weighted by molar-refractivity contribution is 4.89. The van der Waals surface area contributed by atoms with Crippen molar-refractivity contribution in [1.82, 2.24) is 9.80 Å². The third-order valence-corrected chi connectivity index (χ3v) is 3.16. The molecule has 1 saturated heterocycles. The first kappa shape index (κ1) is 11.0. The Morgan fingerprint density at radius 1 is 1.00 bits per heavy atom. The average molecular weight is 184 g/mol. The van der Waals surface area contributed by atoms with Crippen LogP contribution in [0.4, 0.5) is 0 Å². The van der Waals surface area contributed by atoms with Crippen LogP contribution in [0.3, 0.4) is 0 Å². The van der Waals surface area contributed by atoms with Gasteiger partial charge in [0.2, 0.25) is 0 Å². The molecule has 0 N–H and O–H groups in total. The molecule has 0 radical (unpaired) electrons. The van der Waals surface area contributed by atoms with E-state index >= 15 is 0 Å². The van der Waals surface area contributed by atoms with E-state index in [0.29, 0.717) is 17.6 Å². The molecule has 0 bridgehead atoms. The zero-order valence-electron chi connectivity index (χ0n) is 9.96. The Bertz CT molecular complexity index is 171. The monoisotopic (exact) mass is 184 g/mol. The van der Waals surface area contributed by atoms with Gasteiger partial charge in [0.05, 0.1) is 0 Å². The van der Waals surface area contributed by atoms with Crippen LogP contribution < -0.4 is 0 Å². The summed E-state index contributed by atoms with van der Waals surface area (Å²) in [6, 6.07) is 1.37. The molecular weight excluding hydrogens is 160 g/mol. The molecule has 0 amide bonds. The zero-order chi connectivity index (χ0) is 10.2. The molecule has 2 unspecified atom stereocenters. The maximum absolute atomic E-state index is 2.61. The SMILES string of the molecule is CC1CN(C(C)(C)C)C(C)CN1C. The molecular formula is C11H24N2. The quantitative estimate of drug-likeness (QED) is 0.566. The number of hydrogen-bond donors (Lipinski definition) is 0. The second kappa shape index (κ2) is 3.58. The van der Waals surface area contributed by atoms with Crippen molar-refractivity contribution >= 4 is 0 Å². The molecule has 1 rings (SSSR count). The van der Waals surface area contributed by atoms with Gasteiger partial charge in [-0.3, -0.25) is 4.90 Å². The second-order valence-electron chi connectivity index (χ2n) is 5.46. The lowest BCUT2D eigenvalue weighted by atomic mass is 9.99. The molecule has 1 aliphatic heterocycles. The first-order valence-corrected chi connectivity index (χ1v) is 5.29. The molecule has 1 fully saturated rings. The van der Waals surface area contributed by atoms with Crippen LogP contribution in [0.2, 0.25) is 0 Å². The molecule has 0 spiro atoms. The van der Waals surface area contributed by atoms with Crippen molar-refractivity contribution in [3.8, 4) is 0 Å². The summed E-state index contributed by atoms with van der Waals surface area (Å²) in [6.07, 6.45) is 0. The zero-order valence-corrected chi connectivity index (χ0v) is 9.96. The largest absolute Gasteiger partial charge is 0.301 e. The summed E-state index contributed by atoms with van der Waals surface area (Å²) in [5.74, 6) is 0. The van der Waals surface area contributed by atoms with Gasteiger partial charge in [0, 0.05) is 30.7 Å². The molecule has 0 saturated carbocycles. The first-order chi connectivity index (χ1) is 5.82. The maximum atomic E-state index is 2.61. The van der Waals surface area contributed by atoms with Crippen molar-refractivity contribution < 1.29 is 0 Å². The van der Waals surface area contributed by atoms with Gasteiger partial charge < -0.3 is 4.90 Å². The predicted molar refractivity (Wildman–Crippen MR) is 58.0 cm³/mol. The highest BCUT2D eigenvalue weighted by Gasteiger charge is 2.33. The second-order valence-corrected chi connectivity index (χ2v) is 5.46. The summed E-state index contributed by atoms with van der Waals surface area (Å²) >= 11 is 0. The summed E-state index contributed by atoms with van der Waals surface area (Å²) in [5.41, 5.74) is 0.314. The summed E-state index contributed by atoms with van der Waals surface area (Å²) in [4.78, 5) is 5.06. The normalized spacial score (nSPS) is 33.7. The summed E-state index contributed by atoms with van der Waals surface area (Å²) in [6.45, 7) is 13.9. The molecule has 78 valence electrons. The third-order valence-electron chi connectivity index (χ3n) is 3.16. The van der Waals surface area contributed by atoms with Crippen LogP contribution in [0.1, 0.15) is 34.6 Å². The van der Waals surface area contributed by atoms with Crippen LogP contribution in [0.25, 0.3) is 0 Å². The van der Waals surface area contributed by atoms with Gasteiger partial charge in [-0.1, -0.05) is 0 Å². The van der Waals surface area contributed by atoms with E-state index in [4.69, 9.17) is 0 Å². The lowest BCUT2D eigenvalue weighted by molar-refractivity contribution is -0.000118. The van der Waals surface area contributed by atoms with E-state index < -0.39 is 0 Å².